The highest BCUT2D eigenvalue weighted by Gasteiger charge is 2.22. The topological polar surface area (TPSA) is 48.0 Å². The molecule has 1 saturated heterocycles. The van der Waals surface area contributed by atoms with Gasteiger partial charge in [-0.25, -0.2) is 4.79 Å². The third-order valence-corrected chi connectivity index (χ3v) is 4.56. The molecule has 0 unspecified atom stereocenters. The lowest BCUT2D eigenvalue weighted by molar-refractivity contribution is -0.142. The van der Waals surface area contributed by atoms with Crippen LogP contribution in [0.4, 0.5) is 0 Å². The maximum absolute atomic E-state index is 11.1. The number of nitrogens with zero attached hydrogens (tertiary/aromatic N) is 1. The second-order valence-electron chi connectivity index (χ2n) is 6.15. The van der Waals surface area contributed by atoms with Crippen LogP contribution < -0.4 is 4.74 Å². The van der Waals surface area contributed by atoms with Crippen LogP contribution >= 0.6 is 11.6 Å². The van der Waals surface area contributed by atoms with Gasteiger partial charge in [-0.05, 0) is 35.4 Å². The molecule has 0 radical (unpaired) electrons. The van der Waals surface area contributed by atoms with Gasteiger partial charge < -0.3 is 14.2 Å². The van der Waals surface area contributed by atoms with Crippen LogP contribution in [0.2, 0.25) is 5.02 Å². The summed E-state index contributed by atoms with van der Waals surface area (Å²) in [5, 5.41) is 0.732. The summed E-state index contributed by atoms with van der Waals surface area (Å²) in [6.07, 6.45) is 0.0590. The van der Waals surface area contributed by atoms with E-state index in [-0.39, 0.29) is 12.7 Å². The van der Waals surface area contributed by atoms with Crippen molar-refractivity contribution in [2.24, 2.45) is 0 Å². The molecule has 0 amide bonds. The van der Waals surface area contributed by atoms with Crippen LogP contribution in [0.1, 0.15) is 17.2 Å². The minimum Gasteiger partial charge on any atom is -0.482 e. The van der Waals surface area contributed by atoms with Crippen LogP contribution in [0.5, 0.6) is 5.75 Å². The lowest BCUT2D eigenvalue weighted by Gasteiger charge is -2.33. The van der Waals surface area contributed by atoms with E-state index in [1.54, 1.807) is 0 Å². The summed E-state index contributed by atoms with van der Waals surface area (Å²) >= 11 is 5.96. The van der Waals surface area contributed by atoms with Crippen molar-refractivity contribution in [2.75, 3.05) is 33.4 Å². The largest absolute Gasteiger partial charge is 0.482 e. The first-order chi connectivity index (χ1) is 12.6. The lowest BCUT2D eigenvalue weighted by Crippen LogP contribution is -2.37. The molecule has 0 aliphatic carbocycles. The second-order valence-corrected chi connectivity index (χ2v) is 6.59. The molecular weight excluding hydrogens is 354 g/mol. The molecule has 0 spiro atoms. The van der Waals surface area contributed by atoms with Crippen LogP contribution in [0, 0.1) is 0 Å². The predicted octanol–water partition coefficient (Wildman–Crippen LogP) is 3.47. The van der Waals surface area contributed by atoms with Crippen molar-refractivity contribution in [3.05, 3.63) is 64.7 Å². The number of morpholine rings is 1. The number of hydrogen-bond donors (Lipinski definition) is 0. The third kappa shape index (κ3) is 5.21. The molecule has 1 fully saturated rings. The van der Waals surface area contributed by atoms with E-state index in [9.17, 15) is 4.79 Å². The fraction of sp³-hybridized carbons (Fsp3) is 0.350. The summed E-state index contributed by atoms with van der Waals surface area (Å²) in [6.45, 7) is 3.19. The Labute approximate surface area is 158 Å². The first kappa shape index (κ1) is 18.7. The molecule has 1 aliphatic heterocycles. The molecule has 138 valence electrons. The number of hydrogen-bond acceptors (Lipinski definition) is 5. The maximum atomic E-state index is 11.1. The quantitative estimate of drug-likeness (QED) is 0.723. The van der Waals surface area contributed by atoms with Crippen molar-refractivity contribution in [2.45, 2.75) is 12.6 Å². The smallest absolute Gasteiger partial charge is 0.343 e. The molecule has 1 atom stereocenters. The minimum atomic E-state index is -0.393. The van der Waals surface area contributed by atoms with E-state index in [1.807, 2.05) is 48.5 Å². The molecule has 2 aromatic rings. The summed E-state index contributed by atoms with van der Waals surface area (Å²) in [5.41, 5.74) is 2.33. The van der Waals surface area contributed by atoms with Crippen LogP contribution in [0.15, 0.2) is 48.5 Å². The van der Waals surface area contributed by atoms with E-state index < -0.39 is 5.97 Å². The monoisotopic (exact) mass is 375 g/mol. The van der Waals surface area contributed by atoms with E-state index in [2.05, 4.69) is 9.64 Å². The Morgan fingerprint density at radius 3 is 2.62 bits per heavy atom. The van der Waals surface area contributed by atoms with Crippen molar-refractivity contribution in [3.63, 3.8) is 0 Å². The normalized spacial score (nSPS) is 17.7. The molecule has 26 heavy (non-hydrogen) atoms. The van der Waals surface area contributed by atoms with Gasteiger partial charge in [-0.15, -0.1) is 0 Å². The van der Waals surface area contributed by atoms with Gasteiger partial charge in [-0.1, -0.05) is 35.9 Å². The minimum absolute atomic E-state index is 0.0590. The lowest BCUT2D eigenvalue weighted by atomic mass is 10.1. The van der Waals surface area contributed by atoms with Crippen LogP contribution in [0.25, 0.3) is 0 Å². The van der Waals surface area contributed by atoms with Gasteiger partial charge in [0.1, 0.15) is 5.75 Å². The number of methoxy groups -OCH3 is 1. The molecule has 0 bridgehead atoms. The molecule has 1 heterocycles. The van der Waals surface area contributed by atoms with Crippen molar-refractivity contribution >= 4 is 17.6 Å². The molecule has 3 rings (SSSR count). The number of benzene rings is 2. The molecular formula is C20H22ClNO4. The zero-order valence-electron chi connectivity index (χ0n) is 14.7. The van der Waals surface area contributed by atoms with Gasteiger partial charge in [0.25, 0.3) is 0 Å². The molecule has 5 nitrogen and oxygen atoms in total. The van der Waals surface area contributed by atoms with Gasteiger partial charge in [0.2, 0.25) is 0 Å². The average molecular weight is 376 g/mol. The SMILES string of the molecule is COC(=O)COc1ccc(CN2CCO[C@@H](c3ccc(Cl)cc3)C2)cc1. The first-order valence-electron chi connectivity index (χ1n) is 8.52. The van der Waals surface area contributed by atoms with Gasteiger partial charge in [0.15, 0.2) is 6.61 Å². The fourth-order valence-electron chi connectivity index (χ4n) is 2.88. The van der Waals surface area contributed by atoms with Crippen molar-refractivity contribution in [1.29, 1.82) is 0 Å². The fourth-order valence-corrected chi connectivity index (χ4v) is 3.00. The molecule has 1 aliphatic rings. The Kier molecular flexibility index (Phi) is 6.50. The highest BCUT2D eigenvalue weighted by molar-refractivity contribution is 6.30. The summed E-state index contributed by atoms with van der Waals surface area (Å²) in [6, 6.07) is 15.6. The molecule has 0 N–H and O–H groups in total. The Morgan fingerprint density at radius 1 is 1.19 bits per heavy atom. The van der Waals surface area contributed by atoms with E-state index in [0.29, 0.717) is 12.4 Å². The third-order valence-electron chi connectivity index (χ3n) is 4.31. The second kappa shape index (κ2) is 9.03. The van der Waals surface area contributed by atoms with E-state index in [4.69, 9.17) is 21.1 Å². The maximum Gasteiger partial charge on any atom is 0.343 e. The molecule has 2 aromatic carbocycles. The Balaban J connectivity index is 1.54. The van der Waals surface area contributed by atoms with Gasteiger partial charge in [0, 0.05) is 24.7 Å². The highest BCUT2D eigenvalue weighted by atomic mass is 35.5. The van der Waals surface area contributed by atoms with Crippen LogP contribution in [-0.2, 0) is 20.8 Å². The van der Waals surface area contributed by atoms with Gasteiger partial charge in [0.05, 0.1) is 19.8 Å². The highest BCUT2D eigenvalue weighted by Crippen LogP contribution is 2.25. The number of ether oxygens (including phenoxy) is 3. The summed E-state index contributed by atoms with van der Waals surface area (Å²) in [4.78, 5) is 13.5. The van der Waals surface area contributed by atoms with Crippen molar-refractivity contribution in [1.82, 2.24) is 4.90 Å². The van der Waals surface area contributed by atoms with Crippen molar-refractivity contribution < 1.29 is 19.0 Å². The van der Waals surface area contributed by atoms with E-state index in [0.717, 1.165) is 30.2 Å². The van der Waals surface area contributed by atoms with E-state index >= 15 is 0 Å². The summed E-state index contributed by atoms with van der Waals surface area (Å²) in [5.74, 6) is 0.260. The Bertz CT molecular complexity index is 718. The van der Waals surface area contributed by atoms with E-state index in [1.165, 1.54) is 12.7 Å². The van der Waals surface area contributed by atoms with Crippen LogP contribution in [-0.4, -0.2) is 44.3 Å². The number of carbonyl (C=O) groups excluding carboxylic acids is 1. The van der Waals surface area contributed by atoms with Gasteiger partial charge >= 0.3 is 5.97 Å². The molecule has 0 aromatic heterocycles. The Hall–Kier alpha value is -2.08. The number of rotatable bonds is 6. The Morgan fingerprint density at radius 2 is 1.92 bits per heavy atom. The standard InChI is InChI=1S/C20H22ClNO4/c1-24-20(23)14-26-18-8-2-15(3-9-18)12-22-10-11-25-19(13-22)16-4-6-17(21)7-5-16/h2-9,19H,10-14H2,1H3/t19-/m1/s1. The van der Waals surface area contributed by atoms with Gasteiger partial charge in [-0.3, -0.25) is 4.90 Å². The zero-order valence-corrected chi connectivity index (χ0v) is 15.4. The summed E-state index contributed by atoms with van der Waals surface area (Å²) < 4.78 is 15.8. The predicted molar refractivity (Wildman–Crippen MR) is 99.4 cm³/mol. The first-order valence-corrected chi connectivity index (χ1v) is 8.90. The van der Waals surface area contributed by atoms with Gasteiger partial charge in [-0.2, -0.15) is 0 Å². The van der Waals surface area contributed by atoms with Crippen molar-refractivity contribution in [3.8, 4) is 5.75 Å². The molecule has 0 saturated carbocycles. The molecule has 6 heteroatoms. The number of esters is 1. The summed E-state index contributed by atoms with van der Waals surface area (Å²) in [7, 11) is 1.34. The van der Waals surface area contributed by atoms with Crippen LogP contribution in [0.3, 0.4) is 0 Å². The zero-order chi connectivity index (χ0) is 18.4. The average Bonchev–Trinajstić information content (AvgIpc) is 2.68. The number of carbonyl (C=O) groups is 1. The number of halogens is 1.